The Balaban J connectivity index is 2.70. The van der Waals surface area contributed by atoms with Gasteiger partial charge in [0.25, 0.3) is 5.69 Å². The molecule has 0 unspecified atom stereocenters. The third kappa shape index (κ3) is 2.08. The Morgan fingerprint density at radius 2 is 1.82 bits per heavy atom. The Morgan fingerprint density at radius 3 is 2.41 bits per heavy atom. The minimum Gasteiger partial charge on any atom is -0.326 e. The lowest BCUT2D eigenvalue weighted by Crippen LogP contribution is -2.06. The molecule has 0 atom stereocenters. The van der Waals surface area contributed by atoms with Gasteiger partial charge in [-0.15, -0.1) is 0 Å². The molecule has 0 bridgehead atoms. The fraction of sp³-hybridized carbons (Fsp3) is 0.0833. The van der Waals surface area contributed by atoms with Crippen LogP contribution in [0.3, 0.4) is 0 Å². The van der Waals surface area contributed by atoms with Crippen molar-refractivity contribution in [3.05, 3.63) is 46.5 Å². The van der Waals surface area contributed by atoms with E-state index in [9.17, 15) is 14.9 Å². The molecule has 1 N–H and O–H groups in total. The lowest BCUT2D eigenvalue weighted by molar-refractivity contribution is -0.383. The number of amides is 1. The third-order valence-corrected chi connectivity index (χ3v) is 2.41. The van der Waals surface area contributed by atoms with Gasteiger partial charge in [0, 0.05) is 24.1 Å². The first-order chi connectivity index (χ1) is 8.09. The molecule has 0 fully saturated rings. The number of benzene rings is 2. The highest BCUT2D eigenvalue weighted by Crippen LogP contribution is 2.31. The maximum atomic E-state index is 11.0. The molecule has 0 aliphatic rings. The molecule has 0 aliphatic carbocycles. The first-order valence-electron chi connectivity index (χ1n) is 5.03. The first-order valence-corrected chi connectivity index (χ1v) is 5.03. The van der Waals surface area contributed by atoms with E-state index in [-0.39, 0.29) is 11.6 Å². The van der Waals surface area contributed by atoms with Gasteiger partial charge in [-0.25, -0.2) is 0 Å². The number of nitro groups is 1. The van der Waals surface area contributed by atoms with E-state index in [1.165, 1.54) is 13.0 Å². The maximum absolute atomic E-state index is 11.0. The summed E-state index contributed by atoms with van der Waals surface area (Å²) in [6, 6.07) is 9.85. The normalized spacial score (nSPS) is 10.2. The second-order valence-electron chi connectivity index (χ2n) is 3.62. The second-order valence-corrected chi connectivity index (χ2v) is 3.62. The van der Waals surface area contributed by atoms with Crippen LogP contribution in [0.25, 0.3) is 10.8 Å². The highest BCUT2D eigenvalue weighted by atomic mass is 16.6. The average Bonchev–Trinajstić information content (AvgIpc) is 2.28. The van der Waals surface area contributed by atoms with E-state index in [0.29, 0.717) is 16.5 Å². The van der Waals surface area contributed by atoms with E-state index in [4.69, 9.17) is 0 Å². The number of non-ortho nitro benzene ring substituents is 1. The molecule has 17 heavy (non-hydrogen) atoms. The predicted molar refractivity (Wildman–Crippen MR) is 64.9 cm³/mol. The van der Waals surface area contributed by atoms with Crippen LogP contribution in [0.5, 0.6) is 0 Å². The van der Waals surface area contributed by atoms with Crippen LogP contribution in [0.2, 0.25) is 0 Å². The van der Waals surface area contributed by atoms with Crippen molar-refractivity contribution in [2.75, 3.05) is 5.32 Å². The summed E-state index contributed by atoms with van der Waals surface area (Å²) >= 11 is 0. The number of fused-ring (bicyclic) bond motifs is 1. The van der Waals surface area contributed by atoms with Crippen LogP contribution in [-0.4, -0.2) is 10.8 Å². The molecule has 5 heteroatoms. The summed E-state index contributed by atoms with van der Waals surface area (Å²) in [4.78, 5) is 21.5. The Bertz CT molecular complexity index is 608. The van der Waals surface area contributed by atoms with Crippen LogP contribution in [0.1, 0.15) is 6.92 Å². The molecule has 0 aromatic heterocycles. The number of carbonyl (C=O) groups excluding carboxylic acids is 1. The van der Waals surface area contributed by atoms with E-state index in [2.05, 4.69) is 5.32 Å². The quantitative estimate of drug-likeness (QED) is 0.636. The van der Waals surface area contributed by atoms with Crippen LogP contribution >= 0.6 is 0 Å². The number of nitro benzene ring substituents is 1. The molecule has 2 aromatic carbocycles. The molecule has 2 aromatic rings. The number of nitrogens with zero attached hydrogens (tertiary/aromatic N) is 1. The van der Waals surface area contributed by atoms with Crippen molar-refractivity contribution in [3.8, 4) is 0 Å². The van der Waals surface area contributed by atoms with E-state index in [0.717, 1.165) is 0 Å². The number of anilines is 1. The van der Waals surface area contributed by atoms with Gasteiger partial charge >= 0.3 is 0 Å². The van der Waals surface area contributed by atoms with E-state index >= 15 is 0 Å². The maximum Gasteiger partial charge on any atom is 0.277 e. The van der Waals surface area contributed by atoms with Gasteiger partial charge in [0.1, 0.15) is 0 Å². The zero-order valence-electron chi connectivity index (χ0n) is 9.14. The van der Waals surface area contributed by atoms with Gasteiger partial charge in [-0.3, -0.25) is 14.9 Å². The fourth-order valence-electron chi connectivity index (χ4n) is 1.74. The molecule has 0 saturated carbocycles. The molecule has 5 nitrogen and oxygen atoms in total. The lowest BCUT2D eigenvalue weighted by atomic mass is 10.1. The Morgan fingerprint density at radius 1 is 1.18 bits per heavy atom. The summed E-state index contributed by atoms with van der Waals surface area (Å²) in [5.41, 5.74) is 0.619. The standard InChI is InChI=1S/C12H10N2O3/c1-8(15)13-11-6-7-12(14(16)17)10-5-3-2-4-9(10)11/h2-7H,1H3,(H,13,15). The number of hydrogen-bond acceptors (Lipinski definition) is 3. The van der Waals surface area contributed by atoms with Crippen molar-refractivity contribution >= 4 is 28.1 Å². The van der Waals surface area contributed by atoms with Gasteiger partial charge < -0.3 is 5.32 Å². The Hall–Kier alpha value is -2.43. The summed E-state index contributed by atoms with van der Waals surface area (Å²) in [5, 5.41) is 14.7. The Kier molecular flexibility index (Phi) is 2.74. The van der Waals surface area contributed by atoms with Gasteiger partial charge in [0.05, 0.1) is 10.3 Å². The molecule has 0 heterocycles. The average molecular weight is 230 g/mol. The van der Waals surface area contributed by atoms with Crippen LogP contribution < -0.4 is 5.32 Å². The van der Waals surface area contributed by atoms with Gasteiger partial charge in [-0.2, -0.15) is 0 Å². The van der Waals surface area contributed by atoms with Crippen molar-refractivity contribution in [1.29, 1.82) is 0 Å². The van der Waals surface area contributed by atoms with Crippen LogP contribution in [0.4, 0.5) is 11.4 Å². The van der Waals surface area contributed by atoms with Crippen LogP contribution in [0.15, 0.2) is 36.4 Å². The summed E-state index contributed by atoms with van der Waals surface area (Å²) in [7, 11) is 0. The van der Waals surface area contributed by atoms with Gasteiger partial charge in [-0.1, -0.05) is 18.2 Å². The molecule has 0 radical (unpaired) electrons. The summed E-state index contributed by atoms with van der Waals surface area (Å²) in [5.74, 6) is -0.205. The topological polar surface area (TPSA) is 72.2 Å². The van der Waals surface area contributed by atoms with Crippen molar-refractivity contribution in [2.24, 2.45) is 0 Å². The molecule has 1 amide bonds. The zero-order valence-corrected chi connectivity index (χ0v) is 9.14. The van der Waals surface area contributed by atoms with Gasteiger partial charge in [-0.05, 0) is 12.1 Å². The summed E-state index contributed by atoms with van der Waals surface area (Å²) in [6.45, 7) is 1.40. The van der Waals surface area contributed by atoms with E-state index in [1.807, 2.05) is 0 Å². The molecular weight excluding hydrogens is 220 g/mol. The molecule has 0 saturated heterocycles. The van der Waals surface area contributed by atoms with E-state index in [1.54, 1.807) is 30.3 Å². The minimum atomic E-state index is -0.431. The van der Waals surface area contributed by atoms with Gasteiger partial charge in [0.2, 0.25) is 5.91 Å². The lowest BCUT2D eigenvalue weighted by Gasteiger charge is -2.07. The summed E-state index contributed by atoms with van der Waals surface area (Å²) in [6.07, 6.45) is 0. The second kappa shape index (κ2) is 4.21. The number of hydrogen-bond donors (Lipinski definition) is 1. The highest BCUT2D eigenvalue weighted by Gasteiger charge is 2.13. The monoisotopic (exact) mass is 230 g/mol. The highest BCUT2D eigenvalue weighted by molar-refractivity contribution is 6.04. The Labute approximate surface area is 97.2 Å². The number of rotatable bonds is 2. The van der Waals surface area contributed by atoms with Crippen molar-refractivity contribution in [1.82, 2.24) is 0 Å². The molecular formula is C12H10N2O3. The molecule has 86 valence electrons. The van der Waals surface area contributed by atoms with Crippen molar-refractivity contribution < 1.29 is 9.72 Å². The van der Waals surface area contributed by atoms with Crippen molar-refractivity contribution in [2.45, 2.75) is 6.92 Å². The predicted octanol–water partition coefficient (Wildman–Crippen LogP) is 2.71. The number of nitrogens with one attached hydrogen (secondary N) is 1. The van der Waals surface area contributed by atoms with Crippen LogP contribution in [-0.2, 0) is 4.79 Å². The molecule has 0 spiro atoms. The zero-order chi connectivity index (χ0) is 12.4. The SMILES string of the molecule is CC(=O)Nc1ccc([N+](=O)[O-])c2ccccc12. The largest absolute Gasteiger partial charge is 0.326 e. The first kappa shape index (κ1) is 11.1. The van der Waals surface area contributed by atoms with Crippen molar-refractivity contribution in [3.63, 3.8) is 0 Å². The summed E-state index contributed by atoms with van der Waals surface area (Å²) < 4.78 is 0. The van der Waals surface area contributed by atoms with Gasteiger partial charge in [0.15, 0.2) is 0 Å². The molecule has 2 rings (SSSR count). The smallest absolute Gasteiger partial charge is 0.277 e. The minimum absolute atomic E-state index is 0.0368. The number of carbonyl (C=O) groups is 1. The molecule has 0 aliphatic heterocycles. The van der Waals surface area contributed by atoms with E-state index < -0.39 is 4.92 Å². The third-order valence-electron chi connectivity index (χ3n) is 2.41. The fourth-order valence-corrected chi connectivity index (χ4v) is 1.74. The van der Waals surface area contributed by atoms with Crippen LogP contribution in [0, 0.1) is 10.1 Å².